The molecule has 1 saturated heterocycles. The summed E-state index contributed by atoms with van der Waals surface area (Å²) >= 11 is 1.68. The van der Waals surface area contributed by atoms with Gasteiger partial charge in [-0.1, -0.05) is 6.07 Å². The third-order valence-corrected chi connectivity index (χ3v) is 5.89. The number of furan rings is 1. The fourth-order valence-corrected chi connectivity index (χ4v) is 4.32. The predicted octanol–water partition coefficient (Wildman–Crippen LogP) is 3.75. The summed E-state index contributed by atoms with van der Waals surface area (Å²) in [7, 11) is 0. The smallest absolute Gasteiger partial charge is 0.287 e. The molecule has 3 heterocycles. The van der Waals surface area contributed by atoms with Crippen LogP contribution < -0.4 is 5.32 Å². The van der Waals surface area contributed by atoms with Crippen LogP contribution in [0.5, 0.6) is 0 Å². The number of halogens is 1. The van der Waals surface area contributed by atoms with Crippen molar-refractivity contribution in [3.63, 3.8) is 0 Å². The third kappa shape index (κ3) is 3.76. The van der Waals surface area contributed by atoms with Gasteiger partial charge in [0.15, 0.2) is 5.76 Å². The summed E-state index contributed by atoms with van der Waals surface area (Å²) in [6, 6.07) is 8.49. The Morgan fingerprint density at radius 3 is 2.89 bits per heavy atom. The number of rotatable bonds is 5. The van der Waals surface area contributed by atoms with Gasteiger partial charge in [-0.2, -0.15) is 0 Å². The van der Waals surface area contributed by atoms with Crippen LogP contribution in [0.3, 0.4) is 0 Å². The summed E-state index contributed by atoms with van der Waals surface area (Å²) in [5.41, 5.74) is 1.17. The van der Waals surface area contributed by atoms with E-state index in [0.29, 0.717) is 36.3 Å². The molecule has 0 radical (unpaired) electrons. The van der Waals surface area contributed by atoms with E-state index in [1.54, 1.807) is 24.3 Å². The van der Waals surface area contributed by atoms with Crippen molar-refractivity contribution in [1.29, 1.82) is 0 Å². The average Bonchev–Trinajstić information content (AvgIpc) is 3.32. The fourth-order valence-electron chi connectivity index (χ4n) is 3.46. The lowest BCUT2D eigenvalue weighted by Gasteiger charge is -2.34. The number of fused-ring (bicyclic) bond motifs is 1. The van der Waals surface area contributed by atoms with E-state index in [1.165, 1.54) is 17.0 Å². The van der Waals surface area contributed by atoms with E-state index in [1.807, 2.05) is 11.4 Å². The van der Waals surface area contributed by atoms with Crippen LogP contribution in [0.1, 0.15) is 27.0 Å². The molecular weight excluding hydrogens is 367 g/mol. The van der Waals surface area contributed by atoms with E-state index in [9.17, 15) is 9.18 Å². The van der Waals surface area contributed by atoms with Gasteiger partial charge in [-0.05, 0) is 36.6 Å². The Balaban J connectivity index is 1.52. The number of thiophene rings is 1. The number of aryl methyl sites for hydroxylation is 1. The van der Waals surface area contributed by atoms with Crippen LogP contribution in [0.25, 0.3) is 11.0 Å². The molecule has 2 aromatic heterocycles. The van der Waals surface area contributed by atoms with Gasteiger partial charge in [-0.3, -0.25) is 9.69 Å². The number of morpholine rings is 1. The summed E-state index contributed by atoms with van der Waals surface area (Å²) in [5.74, 6) is -0.384. The lowest BCUT2D eigenvalue weighted by atomic mass is 10.1. The molecule has 1 aromatic carbocycles. The monoisotopic (exact) mass is 388 g/mol. The molecule has 142 valence electrons. The van der Waals surface area contributed by atoms with Crippen molar-refractivity contribution in [3.8, 4) is 0 Å². The maximum Gasteiger partial charge on any atom is 0.287 e. The van der Waals surface area contributed by atoms with E-state index < -0.39 is 0 Å². The Hall–Kier alpha value is -2.22. The van der Waals surface area contributed by atoms with Gasteiger partial charge in [0.05, 0.1) is 19.3 Å². The molecule has 1 aliphatic rings. The Kier molecular flexibility index (Phi) is 5.24. The van der Waals surface area contributed by atoms with Gasteiger partial charge in [0.2, 0.25) is 0 Å². The van der Waals surface area contributed by atoms with E-state index in [4.69, 9.17) is 9.15 Å². The van der Waals surface area contributed by atoms with Crippen molar-refractivity contribution in [3.05, 3.63) is 57.7 Å². The number of hydrogen-bond acceptors (Lipinski definition) is 5. The molecule has 0 spiro atoms. The fraction of sp³-hybridized carbons (Fsp3) is 0.350. The van der Waals surface area contributed by atoms with Gasteiger partial charge in [-0.15, -0.1) is 11.3 Å². The SMILES string of the molecule is Cc1c(C(=O)NC[C@@H](c2cccs2)N2CCOCC2)oc2ccc(F)cc12. The van der Waals surface area contributed by atoms with Gasteiger partial charge in [0, 0.05) is 35.5 Å². The van der Waals surface area contributed by atoms with Crippen molar-refractivity contribution in [2.75, 3.05) is 32.8 Å². The number of nitrogens with zero attached hydrogens (tertiary/aromatic N) is 1. The lowest BCUT2D eigenvalue weighted by Crippen LogP contribution is -2.43. The molecule has 3 aromatic rings. The Labute approximate surface area is 160 Å². The van der Waals surface area contributed by atoms with Crippen LogP contribution in [0.15, 0.2) is 40.1 Å². The summed E-state index contributed by atoms with van der Waals surface area (Å²) in [5, 5.41) is 5.67. The van der Waals surface area contributed by atoms with Crippen molar-refractivity contribution in [2.24, 2.45) is 0 Å². The molecule has 0 unspecified atom stereocenters. The van der Waals surface area contributed by atoms with Crippen LogP contribution in [0.4, 0.5) is 4.39 Å². The number of carbonyl (C=O) groups is 1. The van der Waals surface area contributed by atoms with Crippen molar-refractivity contribution in [2.45, 2.75) is 13.0 Å². The normalized spacial score (nSPS) is 16.5. The second-order valence-electron chi connectivity index (χ2n) is 6.59. The first kappa shape index (κ1) is 18.2. The quantitative estimate of drug-likeness (QED) is 0.723. The Morgan fingerprint density at radius 2 is 2.15 bits per heavy atom. The zero-order chi connectivity index (χ0) is 18.8. The summed E-state index contributed by atoms with van der Waals surface area (Å²) < 4.78 is 24.6. The topological polar surface area (TPSA) is 54.7 Å². The number of hydrogen-bond donors (Lipinski definition) is 1. The molecule has 1 aliphatic heterocycles. The van der Waals surface area contributed by atoms with Gasteiger partial charge in [0.25, 0.3) is 5.91 Å². The Bertz CT molecular complexity index is 932. The number of benzene rings is 1. The zero-order valence-electron chi connectivity index (χ0n) is 15.0. The number of nitrogens with one attached hydrogen (secondary N) is 1. The first-order valence-corrected chi connectivity index (χ1v) is 9.83. The van der Waals surface area contributed by atoms with Gasteiger partial charge in [-0.25, -0.2) is 4.39 Å². The van der Waals surface area contributed by atoms with Crippen molar-refractivity contribution in [1.82, 2.24) is 10.2 Å². The molecule has 1 amide bonds. The lowest BCUT2D eigenvalue weighted by molar-refractivity contribution is 0.0168. The first-order valence-electron chi connectivity index (χ1n) is 8.95. The zero-order valence-corrected chi connectivity index (χ0v) is 15.9. The highest BCUT2D eigenvalue weighted by molar-refractivity contribution is 7.10. The minimum Gasteiger partial charge on any atom is -0.451 e. The molecule has 0 aliphatic carbocycles. The predicted molar refractivity (Wildman–Crippen MR) is 103 cm³/mol. The standard InChI is InChI=1S/C20H21FN2O3S/c1-13-15-11-14(21)4-5-17(15)26-19(13)20(24)22-12-16(18-3-2-10-27-18)23-6-8-25-9-7-23/h2-5,10-11,16H,6-9,12H2,1H3,(H,22,24)/t16-/m0/s1. The van der Waals surface area contributed by atoms with Crippen LogP contribution in [0, 0.1) is 12.7 Å². The third-order valence-electron chi connectivity index (χ3n) is 4.92. The molecule has 5 nitrogen and oxygen atoms in total. The van der Waals surface area contributed by atoms with E-state index in [0.717, 1.165) is 13.1 Å². The van der Waals surface area contributed by atoms with E-state index in [-0.39, 0.29) is 23.5 Å². The molecule has 1 atom stereocenters. The largest absolute Gasteiger partial charge is 0.451 e. The van der Waals surface area contributed by atoms with Crippen LogP contribution in [-0.4, -0.2) is 43.7 Å². The summed E-state index contributed by atoms with van der Waals surface area (Å²) in [4.78, 5) is 16.3. The van der Waals surface area contributed by atoms with Crippen molar-refractivity contribution < 1.29 is 18.3 Å². The number of carbonyl (C=O) groups excluding carboxylic acids is 1. The Morgan fingerprint density at radius 1 is 1.33 bits per heavy atom. The highest BCUT2D eigenvalue weighted by atomic mass is 32.1. The minimum absolute atomic E-state index is 0.0972. The van der Waals surface area contributed by atoms with E-state index in [2.05, 4.69) is 16.3 Å². The van der Waals surface area contributed by atoms with E-state index >= 15 is 0 Å². The second kappa shape index (κ2) is 7.80. The van der Waals surface area contributed by atoms with Crippen LogP contribution in [-0.2, 0) is 4.74 Å². The molecule has 0 saturated carbocycles. The molecule has 1 N–H and O–H groups in total. The van der Waals surface area contributed by atoms with Gasteiger partial charge < -0.3 is 14.5 Å². The maximum atomic E-state index is 13.5. The first-order chi connectivity index (χ1) is 13.1. The molecule has 27 heavy (non-hydrogen) atoms. The van der Waals surface area contributed by atoms with Crippen molar-refractivity contribution >= 4 is 28.2 Å². The summed E-state index contributed by atoms with van der Waals surface area (Å²) in [6.45, 7) is 5.32. The molecular formula is C20H21FN2O3S. The van der Waals surface area contributed by atoms with Crippen LogP contribution >= 0.6 is 11.3 Å². The minimum atomic E-state index is -0.344. The van der Waals surface area contributed by atoms with Gasteiger partial charge >= 0.3 is 0 Å². The molecule has 0 bridgehead atoms. The highest BCUT2D eigenvalue weighted by Gasteiger charge is 2.25. The highest BCUT2D eigenvalue weighted by Crippen LogP contribution is 2.28. The molecule has 4 rings (SSSR count). The maximum absolute atomic E-state index is 13.5. The van der Waals surface area contributed by atoms with Crippen LogP contribution in [0.2, 0.25) is 0 Å². The number of ether oxygens (including phenoxy) is 1. The average molecular weight is 388 g/mol. The van der Waals surface area contributed by atoms with Gasteiger partial charge in [0.1, 0.15) is 11.4 Å². The number of amides is 1. The molecule has 1 fully saturated rings. The summed E-state index contributed by atoms with van der Waals surface area (Å²) in [6.07, 6.45) is 0. The second-order valence-corrected chi connectivity index (χ2v) is 7.57. The molecule has 7 heteroatoms.